The molecule has 0 bridgehead atoms. The van der Waals surface area contributed by atoms with Crippen LogP contribution in [0.1, 0.15) is 24.1 Å². The smallest absolute Gasteiger partial charge is 0.0453 e. The number of hydrogen-bond acceptors (Lipinski definition) is 1. The van der Waals surface area contributed by atoms with Crippen LogP contribution in [0.5, 0.6) is 0 Å². The Hall–Kier alpha value is -1.31. The Morgan fingerprint density at radius 1 is 1.00 bits per heavy atom. The van der Waals surface area contributed by atoms with Gasteiger partial charge in [-0.2, -0.15) is 0 Å². The molecule has 0 saturated carbocycles. The Kier molecular flexibility index (Phi) is 4.18. The van der Waals surface area contributed by atoms with Crippen LogP contribution in [0.4, 0.5) is 0 Å². The Balaban J connectivity index is 1.99. The van der Waals surface area contributed by atoms with Gasteiger partial charge in [0.15, 0.2) is 0 Å². The second-order valence-corrected chi connectivity index (χ2v) is 4.52. The van der Waals surface area contributed by atoms with Crippen molar-refractivity contribution in [2.45, 2.75) is 19.5 Å². The normalized spacial score (nSPS) is 12.4. The van der Waals surface area contributed by atoms with Crippen LogP contribution in [-0.4, -0.2) is 0 Å². The third-order valence-electron chi connectivity index (χ3n) is 2.83. The van der Waals surface area contributed by atoms with Gasteiger partial charge in [-0.05, 0) is 24.1 Å². The summed E-state index contributed by atoms with van der Waals surface area (Å²) in [6.07, 6.45) is 0. The van der Waals surface area contributed by atoms with Gasteiger partial charge in [-0.15, -0.1) is 0 Å². The highest BCUT2D eigenvalue weighted by Crippen LogP contribution is 2.22. The summed E-state index contributed by atoms with van der Waals surface area (Å²) in [7, 11) is 0. The van der Waals surface area contributed by atoms with Crippen LogP contribution in [0.2, 0.25) is 5.02 Å². The molecule has 0 amide bonds. The van der Waals surface area contributed by atoms with Gasteiger partial charge in [0.25, 0.3) is 0 Å². The molecule has 0 aliphatic heterocycles. The molecule has 0 heterocycles. The Labute approximate surface area is 107 Å². The third-order valence-corrected chi connectivity index (χ3v) is 3.17. The maximum Gasteiger partial charge on any atom is 0.0453 e. The van der Waals surface area contributed by atoms with Crippen molar-refractivity contribution in [2.75, 3.05) is 0 Å². The molecule has 2 aromatic carbocycles. The number of benzene rings is 2. The summed E-state index contributed by atoms with van der Waals surface area (Å²) in [6, 6.07) is 18.6. The first-order chi connectivity index (χ1) is 8.27. The van der Waals surface area contributed by atoms with E-state index in [1.807, 2.05) is 24.3 Å². The molecule has 0 saturated heterocycles. The highest BCUT2D eigenvalue weighted by atomic mass is 35.5. The molecule has 2 heteroatoms. The fourth-order valence-electron chi connectivity index (χ4n) is 1.80. The molecule has 2 rings (SSSR count). The predicted octanol–water partition coefficient (Wildman–Crippen LogP) is 4.19. The van der Waals surface area contributed by atoms with Crippen LogP contribution in [0, 0.1) is 0 Å². The van der Waals surface area contributed by atoms with Gasteiger partial charge < -0.3 is 5.32 Å². The molecule has 1 nitrogen and oxygen atoms in total. The molecule has 1 N–H and O–H groups in total. The average molecular weight is 246 g/mol. The molecule has 0 aliphatic rings. The predicted molar refractivity (Wildman–Crippen MR) is 73.1 cm³/mol. The van der Waals surface area contributed by atoms with Crippen molar-refractivity contribution >= 4 is 11.6 Å². The highest BCUT2D eigenvalue weighted by molar-refractivity contribution is 6.31. The van der Waals surface area contributed by atoms with Gasteiger partial charge in [0.1, 0.15) is 0 Å². The fourth-order valence-corrected chi connectivity index (χ4v) is 2.10. The summed E-state index contributed by atoms with van der Waals surface area (Å²) in [6.45, 7) is 2.98. The lowest BCUT2D eigenvalue weighted by Crippen LogP contribution is -2.18. The maximum atomic E-state index is 6.16. The van der Waals surface area contributed by atoms with Crippen molar-refractivity contribution in [1.29, 1.82) is 0 Å². The molecular weight excluding hydrogens is 230 g/mol. The van der Waals surface area contributed by atoms with Gasteiger partial charge in [0.05, 0.1) is 0 Å². The molecule has 0 aromatic heterocycles. The summed E-state index contributed by atoms with van der Waals surface area (Å²) in [4.78, 5) is 0. The molecular formula is C15H16ClN. The molecule has 0 aliphatic carbocycles. The van der Waals surface area contributed by atoms with E-state index in [9.17, 15) is 0 Å². The third kappa shape index (κ3) is 3.32. The van der Waals surface area contributed by atoms with Crippen LogP contribution in [0.3, 0.4) is 0 Å². The summed E-state index contributed by atoms with van der Waals surface area (Å²) in [5.74, 6) is 0. The number of hydrogen-bond donors (Lipinski definition) is 1. The van der Waals surface area contributed by atoms with Gasteiger partial charge in [-0.25, -0.2) is 0 Å². The van der Waals surface area contributed by atoms with Gasteiger partial charge in [0.2, 0.25) is 0 Å². The molecule has 0 spiro atoms. The van der Waals surface area contributed by atoms with E-state index in [2.05, 4.69) is 42.6 Å². The van der Waals surface area contributed by atoms with Crippen molar-refractivity contribution in [1.82, 2.24) is 5.32 Å². The quantitative estimate of drug-likeness (QED) is 0.852. The van der Waals surface area contributed by atoms with E-state index in [4.69, 9.17) is 11.6 Å². The summed E-state index contributed by atoms with van der Waals surface area (Å²) in [5.41, 5.74) is 2.43. The zero-order valence-electron chi connectivity index (χ0n) is 9.86. The minimum Gasteiger partial charge on any atom is -0.306 e. The summed E-state index contributed by atoms with van der Waals surface area (Å²) >= 11 is 6.16. The lowest BCUT2D eigenvalue weighted by atomic mass is 10.1. The Morgan fingerprint density at radius 2 is 1.65 bits per heavy atom. The van der Waals surface area contributed by atoms with Gasteiger partial charge in [-0.1, -0.05) is 60.1 Å². The topological polar surface area (TPSA) is 12.0 Å². The summed E-state index contributed by atoms with van der Waals surface area (Å²) in [5, 5.41) is 4.29. The first-order valence-corrected chi connectivity index (χ1v) is 6.17. The van der Waals surface area contributed by atoms with Crippen LogP contribution in [-0.2, 0) is 6.54 Å². The fraction of sp³-hybridized carbons (Fsp3) is 0.200. The lowest BCUT2D eigenvalue weighted by molar-refractivity contribution is 0.575. The largest absolute Gasteiger partial charge is 0.306 e. The van der Waals surface area contributed by atoms with Crippen LogP contribution >= 0.6 is 11.6 Å². The van der Waals surface area contributed by atoms with Crippen LogP contribution in [0.15, 0.2) is 54.6 Å². The average Bonchev–Trinajstić information content (AvgIpc) is 2.38. The van der Waals surface area contributed by atoms with E-state index in [0.29, 0.717) is 0 Å². The van der Waals surface area contributed by atoms with Crippen LogP contribution < -0.4 is 5.32 Å². The Bertz CT molecular complexity index is 467. The lowest BCUT2D eigenvalue weighted by Gasteiger charge is -2.15. The molecule has 0 radical (unpaired) electrons. The first-order valence-electron chi connectivity index (χ1n) is 5.79. The van der Waals surface area contributed by atoms with E-state index in [-0.39, 0.29) is 6.04 Å². The van der Waals surface area contributed by atoms with Crippen molar-refractivity contribution in [2.24, 2.45) is 0 Å². The molecule has 0 unspecified atom stereocenters. The maximum absolute atomic E-state index is 6.16. The summed E-state index contributed by atoms with van der Waals surface area (Å²) < 4.78 is 0. The van der Waals surface area contributed by atoms with Crippen molar-refractivity contribution in [3.8, 4) is 0 Å². The van der Waals surface area contributed by atoms with Gasteiger partial charge in [0, 0.05) is 17.6 Å². The van der Waals surface area contributed by atoms with E-state index in [1.54, 1.807) is 0 Å². The minimum atomic E-state index is 0.254. The number of nitrogens with one attached hydrogen (secondary N) is 1. The molecule has 1 atom stereocenters. The zero-order valence-corrected chi connectivity index (χ0v) is 10.6. The molecule has 17 heavy (non-hydrogen) atoms. The van der Waals surface area contributed by atoms with E-state index >= 15 is 0 Å². The van der Waals surface area contributed by atoms with Crippen molar-refractivity contribution in [3.63, 3.8) is 0 Å². The molecule has 2 aromatic rings. The SMILES string of the molecule is C[C@H](NCc1ccccc1)c1ccccc1Cl. The van der Waals surface area contributed by atoms with E-state index in [0.717, 1.165) is 17.1 Å². The molecule has 0 fully saturated rings. The second kappa shape index (κ2) is 5.85. The van der Waals surface area contributed by atoms with E-state index < -0.39 is 0 Å². The molecule has 88 valence electrons. The Morgan fingerprint density at radius 3 is 2.35 bits per heavy atom. The van der Waals surface area contributed by atoms with Crippen molar-refractivity contribution < 1.29 is 0 Å². The zero-order chi connectivity index (χ0) is 12.1. The van der Waals surface area contributed by atoms with Crippen LogP contribution in [0.25, 0.3) is 0 Å². The number of rotatable bonds is 4. The van der Waals surface area contributed by atoms with Gasteiger partial charge in [-0.3, -0.25) is 0 Å². The van der Waals surface area contributed by atoms with E-state index in [1.165, 1.54) is 5.56 Å². The first kappa shape index (κ1) is 12.2. The minimum absolute atomic E-state index is 0.254. The monoisotopic (exact) mass is 245 g/mol. The highest BCUT2D eigenvalue weighted by Gasteiger charge is 2.07. The standard InChI is InChI=1S/C15H16ClN/c1-12(14-9-5-6-10-15(14)16)17-11-13-7-3-2-4-8-13/h2-10,12,17H,11H2,1H3/t12-/m0/s1. The number of halogens is 1. The van der Waals surface area contributed by atoms with Crippen molar-refractivity contribution in [3.05, 3.63) is 70.7 Å². The van der Waals surface area contributed by atoms with Gasteiger partial charge >= 0.3 is 0 Å². The second-order valence-electron chi connectivity index (χ2n) is 4.11.